The summed E-state index contributed by atoms with van der Waals surface area (Å²) in [5, 5.41) is 2.59. The smallest absolute Gasteiger partial charge is 0.254 e. The molecule has 2 heterocycles. The van der Waals surface area contributed by atoms with Crippen molar-refractivity contribution in [2.75, 3.05) is 0 Å². The van der Waals surface area contributed by atoms with Gasteiger partial charge in [0.25, 0.3) is 5.91 Å². The fraction of sp³-hybridized carbons (Fsp3) is 0.0909. The summed E-state index contributed by atoms with van der Waals surface area (Å²) in [7, 11) is 0. The highest BCUT2D eigenvalue weighted by Gasteiger charge is 2.12. The minimum absolute atomic E-state index is 0.0133. The average molecular weight is 305 g/mol. The summed E-state index contributed by atoms with van der Waals surface area (Å²) in [6.45, 7) is 0.309. The summed E-state index contributed by atoms with van der Waals surface area (Å²) in [4.78, 5) is 16.2. The van der Waals surface area contributed by atoms with Crippen LogP contribution in [-0.4, -0.2) is 10.9 Å². The van der Waals surface area contributed by atoms with Gasteiger partial charge in [0.1, 0.15) is 11.0 Å². The molecule has 0 aromatic carbocycles. The molecule has 0 spiro atoms. The Morgan fingerprint density at radius 2 is 2.22 bits per heavy atom. The van der Waals surface area contributed by atoms with Crippen molar-refractivity contribution in [1.29, 1.82) is 0 Å². The topological polar surface area (TPSA) is 42.0 Å². The monoisotopic (exact) mass is 304 g/mol. The first-order valence-corrected chi connectivity index (χ1v) is 6.47. The van der Waals surface area contributed by atoms with Crippen LogP contribution < -0.4 is 5.32 Å². The number of halogens is 3. The SMILES string of the molecule is O=C(NCc1ccc(Cl)s1)c1cc(F)cnc1Cl. The van der Waals surface area contributed by atoms with Crippen molar-refractivity contribution in [1.82, 2.24) is 10.3 Å². The maximum Gasteiger partial charge on any atom is 0.254 e. The largest absolute Gasteiger partial charge is 0.347 e. The number of nitrogens with one attached hydrogen (secondary N) is 1. The molecule has 7 heteroatoms. The van der Waals surface area contributed by atoms with Crippen molar-refractivity contribution in [2.24, 2.45) is 0 Å². The molecule has 0 bridgehead atoms. The molecule has 0 saturated heterocycles. The van der Waals surface area contributed by atoms with E-state index in [1.807, 2.05) is 0 Å². The first-order chi connectivity index (χ1) is 8.56. The molecule has 0 saturated carbocycles. The zero-order valence-corrected chi connectivity index (χ0v) is 11.2. The van der Waals surface area contributed by atoms with Crippen LogP contribution in [0.4, 0.5) is 4.39 Å². The number of thiophene rings is 1. The van der Waals surface area contributed by atoms with Crippen LogP contribution in [0.2, 0.25) is 9.49 Å². The normalized spacial score (nSPS) is 10.4. The minimum atomic E-state index is -0.608. The maximum absolute atomic E-state index is 13.0. The second-order valence-electron chi connectivity index (χ2n) is 3.38. The molecule has 0 aliphatic rings. The highest BCUT2D eigenvalue weighted by molar-refractivity contribution is 7.16. The van der Waals surface area contributed by atoms with Crippen molar-refractivity contribution in [2.45, 2.75) is 6.54 Å². The lowest BCUT2D eigenvalue weighted by atomic mass is 10.2. The van der Waals surface area contributed by atoms with Gasteiger partial charge < -0.3 is 5.32 Å². The lowest BCUT2D eigenvalue weighted by Gasteiger charge is -2.04. The molecule has 0 atom stereocenters. The quantitative estimate of drug-likeness (QED) is 0.882. The predicted octanol–water partition coefficient (Wildman–Crippen LogP) is 3.52. The van der Waals surface area contributed by atoms with E-state index in [1.165, 1.54) is 11.3 Å². The molecule has 2 aromatic rings. The summed E-state index contributed by atoms with van der Waals surface area (Å²) in [6.07, 6.45) is 0.957. The summed E-state index contributed by atoms with van der Waals surface area (Å²) >= 11 is 12.8. The van der Waals surface area contributed by atoms with E-state index >= 15 is 0 Å². The van der Waals surface area contributed by atoms with Gasteiger partial charge in [-0.1, -0.05) is 23.2 Å². The van der Waals surface area contributed by atoms with E-state index < -0.39 is 11.7 Å². The summed E-state index contributed by atoms with van der Waals surface area (Å²) in [6, 6.07) is 4.59. The van der Waals surface area contributed by atoms with Gasteiger partial charge in [0, 0.05) is 4.88 Å². The van der Waals surface area contributed by atoms with Crippen molar-refractivity contribution in [3.63, 3.8) is 0 Å². The van der Waals surface area contributed by atoms with Gasteiger partial charge in [-0.15, -0.1) is 11.3 Å². The Morgan fingerprint density at radius 3 is 2.89 bits per heavy atom. The molecule has 1 N–H and O–H groups in total. The number of pyridine rings is 1. The first-order valence-electron chi connectivity index (χ1n) is 4.89. The number of aromatic nitrogens is 1. The fourth-order valence-corrected chi connectivity index (χ4v) is 2.51. The van der Waals surface area contributed by atoms with Crippen LogP contribution >= 0.6 is 34.5 Å². The van der Waals surface area contributed by atoms with E-state index in [0.29, 0.717) is 10.9 Å². The first kappa shape index (κ1) is 13.3. The Bertz CT molecular complexity index is 588. The van der Waals surface area contributed by atoms with E-state index in [2.05, 4.69) is 10.3 Å². The van der Waals surface area contributed by atoms with E-state index in [4.69, 9.17) is 23.2 Å². The van der Waals surface area contributed by atoms with Gasteiger partial charge in [0.05, 0.1) is 22.6 Å². The van der Waals surface area contributed by atoms with Gasteiger partial charge >= 0.3 is 0 Å². The van der Waals surface area contributed by atoms with Gasteiger partial charge in [-0.2, -0.15) is 0 Å². The zero-order valence-electron chi connectivity index (χ0n) is 8.91. The van der Waals surface area contributed by atoms with Crippen molar-refractivity contribution >= 4 is 40.4 Å². The molecule has 2 aromatic heterocycles. The molecule has 0 radical (unpaired) electrons. The Morgan fingerprint density at radius 1 is 1.44 bits per heavy atom. The highest BCUT2D eigenvalue weighted by atomic mass is 35.5. The molecular weight excluding hydrogens is 298 g/mol. The van der Waals surface area contributed by atoms with Crippen LogP contribution in [0, 0.1) is 5.82 Å². The van der Waals surface area contributed by atoms with E-state index in [-0.39, 0.29) is 10.7 Å². The Hall–Kier alpha value is -1.17. The van der Waals surface area contributed by atoms with Crippen LogP contribution in [0.5, 0.6) is 0 Å². The van der Waals surface area contributed by atoms with Gasteiger partial charge in [0.15, 0.2) is 0 Å². The number of nitrogens with zero attached hydrogens (tertiary/aromatic N) is 1. The molecule has 0 fully saturated rings. The number of amides is 1. The van der Waals surface area contributed by atoms with Crippen LogP contribution in [0.1, 0.15) is 15.2 Å². The summed E-state index contributed by atoms with van der Waals surface area (Å²) in [5.41, 5.74) is 0.0133. The van der Waals surface area contributed by atoms with Crippen LogP contribution in [0.25, 0.3) is 0 Å². The van der Waals surface area contributed by atoms with Gasteiger partial charge in [-0.05, 0) is 18.2 Å². The third kappa shape index (κ3) is 3.19. The average Bonchev–Trinajstić information content (AvgIpc) is 2.75. The van der Waals surface area contributed by atoms with E-state index in [9.17, 15) is 9.18 Å². The number of carbonyl (C=O) groups excluding carboxylic acids is 1. The molecule has 2 rings (SSSR count). The Labute approximate surface area is 117 Å². The molecule has 94 valence electrons. The number of hydrogen-bond donors (Lipinski definition) is 1. The maximum atomic E-state index is 13.0. The molecular formula is C11H7Cl2FN2OS. The van der Waals surface area contributed by atoms with Crippen LogP contribution in [-0.2, 0) is 6.54 Å². The third-order valence-electron chi connectivity index (χ3n) is 2.10. The highest BCUT2D eigenvalue weighted by Crippen LogP contribution is 2.21. The molecule has 3 nitrogen and oxygen atoms in total. The lowest BCUT2D eigenvalue weighted by molar-refractivity contribution is 0.0950. The lowest BCUT2D eigenvalue weighted by Crippen LogP contribution is -2.23. The van der Waals surface area contributed by atoms with Gasteiger partial charge in [0.2, 0.25) is 0 Å². The summed E-state index contributed by atoms with van der Waals surface area (Å²) < 4.78 is 13.6. The molecule has 0 aliphatic heterocycles. The van der Waals surface area contributed by atoms with Gasteiger partial charge in [-0.3, -0.25) is 4.79 Å². The summed E-state index contributed by atoms with van der Waals surface area (Å²) in [5.74, 6) is -1.08. The minimum Gasteiger partial charge on any atom is -0.347 e. The number of rotatable bonds is 3. The van der Waals surface area contributed by atoms with Crippen molar-refractivity contribution in [3.8, 4) is 0 Å². The predicted molar refractivity (Wildman–Crippen MR) is 69.7 cm³/mol. The second kappa shape index (κ2) is 5.65. The number of carbonyl (C=O) groups is 1. The second-order valence-corrected chi connectivity index (χ2v) is 5.54. The standard InChI is InChI=1S/C11H7Cl2FN2OS/c12-9-2-1-7(18-9)5-16-11(17)8-3-6(14)4-15-10(8)13/h1-4H,5H2,(H,16,17). The molecule has 18 heavy (non-hydrogen) atoms. The van der Waals surface area contributed by atoms with E-state index in [1.54, 1.807) is 12.1 Å². The Balaban J connectivity index is 2.05. The Kier molecular flexibility index (Phi) is 4.16. The molecule has 0 unspecified atom stereocenters. The number of hydrogen-bond acceptors (Lipinski definition) is 3. The molecule has 1 amide bonds. The molecule has 0 aliphatic carbocycles. The van der Waals surface area contributed by atoms with E-state index in [0.717, 1.165) is 17.1 Å². The van der Waals surface area contributed by atoms with Crippen LogP contribution in [0.15, 0.2) is 24.4 Å². The third-order valence-corrected chi connectivity index (χ3v) is 3.63. The van der Waals surface area contributed by atoms with Gasteiger partial charge in [-0.25, -0.2) is 9.37 Å². The van der Waals surface area contributed by atoms with Crippen molar-refractivity contribution < 1.29 is 9.18 Å². The zero-order chi connectivity index (χ0) is 13.1. The van der Waals surface area contributed by atoms with Crippen molar-refractivity contribution in [3.05, 3.63) is 50.1 Å². The fourth-order valence-electron chi connectivity index (χ4n) is 1.29. The van der Waals surface area contributed by atoms with Crippen LogP contribution in [0.3, 0.4) is 0 Å².